The Balaban J connectivity index is 2.26. The highest BCUT2D eigenvalue weighted by Crippen LogP contribution is 2.13. The maximum atomic E-state index is 12.1. The first kappa shape index (κ1) is 12.5. The Bertz CT molecular complexity index is 581. The molecule has 0 spiro atoms. The highest BCUT2D eigenvalue weighted by atomic mass is 16.5. The van der Waals surface area contributed by atoms with Crippen LogP contribution in [0.2, 0.25) is 0 Å². The summed E-state index contributed by atoms with van der Waals surface area (Å²) in [5.74, 6) is 0.809. The first-order chi connectivity index (χ1) is 8.61. The van der Waals surface area contributed by atoms with Crippen molar-refractivity contribution < 1.29 is 4.74 Å². The van der Waals surface area contributed by atoms with Crippen LogP contribution in [0.25, 0.3) is 0 Å². The van der Waals surface area contributed by atoms with E-state index in [4.69, 9.17) is 4.74 Å². The van der Waals surface area contributed by atoms with Gasteiger partial charge in [-0.05, 0) is 31.5 Å². The second kappa shape index (κ2) is 5.12. The molecule has 0 unspecified atom stereocenters. The maximum Gasteiger partial charge on any atom is 0.328 e. The third kappa shape index (κ3) is 2.47. The summed E-state index contributed by atoms with van der Waals surface area (Å²) in [7, 11) is 1.64. The Hall–Kier alpha value is -1.97. The molecular weight excluding hydrogens is 228 g/mol. The molecule has 0 aliphatic carbocycles. The van der Waals surface area contributed by atoms with Crippen LogP contribution in [0.1, 0.15) is 25.5 Å². The largest absolute Gasteiger partial charge is 0.497 e. The molecule has 0 bridgehead atoms. The lowest BCUT2D eigenvalue weighted by molar-refractivity contribution is 0.414. The number of methoxy groups -OCH3 is 1. The smallest absolute Gasteiger partial charge is 0.328 e. The van der Waals surface area contributed by atoms with E-state index in [1.54, 1.807) is 16.2 Å². The zero-order valence-corrected chi connectivity index (χ0v) is 11.0. The summed E-state index contributed by atoms with van der Waals surface area (Å²) in [6.45, 7) is 4.56. The van der Waals surface area contributed by atoms with E-state index in [-0.39, 0.29) is 11.7 Å². The quantitative estimate of drug-likeness (QED) is 0.829. The molecular formula is C14H18N2O2. The second-order valence-electron chi connectivity index (χ2n) is 4.56. The van der Waals surface area contributed by atoms with Gasteiger partial charge in [-0.25, -0.2) is 4.79 Å². The Morgan fingerprint density at radius 1 is 1.28 bits per heavy atom. The van der Waals surface area contributed by atoms with E-state index in [2.05, 4.69) is 0 Å². The fraction of sp³-hybridized carbons (Fsp3) is 0.357. The number of hydrogen-bond acceptors (Lipinski definition) is 2. The SMILES string of the molecule is COc1cccc(Cn2ccn(C(C)C)c2=O)c1. The highest BCUT2D eigenvalue weighted by molar-refractivity contribution is 5.28. The van der Waals surface area contributed by atoms with Gasteiger partial charge in [-0.2, -0.15) is 0 Å². The number of ether oxygens (including phenoxy) is 1. The third-order valence-corrected chi connectivity index (χ3v) is 2.92. The van der Waals surface area contributed by atoms with Crippen LogP contribution in [0.4, 0.5) is 0 Å². The van der Waals surface area contributed by atoms with Gasteiger partial charge in [0.25, 0.3) is 0 Å². The van der Waals surface area contributed by atoms with Crippen LogP contribution in [-0.2, 0) is 6.54 Å². The minimum atomic E-state index is 0.0211. The molecule has 4 nitrogen and oxygen atoms in total. The van der Waals surface area contributed by atoms with Crippen LogP contribution in [-0.4, -0.2) is 16.2 Å². The van der Waals surface area contributed by atoms with E-state index in [9.17, 15) is 4.79 Å². The molecule has 1 aromatic heterocycles. The lowest BCUT2D eigenvalue weighted by atomic mass is 10.2. The lowest BCUT2D eigenvalue weighted by Crippen LogP contribution is -2.25. The van der Waals surface area contributed by atoms with Gasteiger partial charge in [0.05, 0.1) is 13.7 Å². The Labute approximate surface area is 106 Å². The molecule has 0 saturated carbocycles. The van der Waals surface area contributed by atoms with Crippen molar-refractivity contribution in [3.8, 4) is 5.75 Å². The monoisotopic (exact) mass is 246 g/mol. The van der Waals surface area contributed by atoms with Crippen molar-refractivity contribution in [3.05, 3.63) is 52.7 Å². The fourth-order valence-corrected chi connectivity index (χ4v) is 1.91. The number of rotatable bonds is 4. The topological polar surface area (TPSA) is 36.2 Å². The first-order valence-corrected chi connectivity index (χ1v) is 6.02. The van der Waals surface area contributed by atoms with Gasteiger partial charge in [0.1, 0.15) is 5.75 Å². The summed E-state index contributed by atoms with van der Waals surface area (Å²) in [5.41, 5.74) is 1.07. The van der Waals surface area contributed by atoms with Gasteiger partial charge in [-0.1, -0.05) is 12.1 Å². The van der Waals surface area contributed by atoms with Crippen molar-refractivity contribution in [1.82, 2.24) is 9.13 Å². The van der Waals surface area contributed by atoms with E-state index < -0.39 is 0 Å². The molecule has 2 rings (SSSR count). The van der Waals surface area contributed by atoms with Crippen LogP contribution in [0.5, 0.6) is 5.75 Å². The van der Waals surface area contributed by atoms with Gasteiger partial charge in [0.2, 0.25) is 0 Å². The van der Waals surface area contributed by atoms with Crippen LogP contribution in [0, 0.1) is 0 Å². The average Bonchev–Trinajstić information content (AvgIpc) is 2.71. The van der Waals surface area contributed by atoms with Crippen molar-refractivity contribution in [2.24, 2.45) is 0 Å². The third-order valence-electron chi connectivity index (χ3n) is 2.92. The van der Waals surface area contributed by atoms with Crippen LogP contribution >= 0.6 is 0 Å². The predicted molar refractivity (Wildman–Crippen MR) is 71.2 cm³/mol. The summed E-state index contributed by atoms with van der Waals surface area (Å²) in [5, 5.41) is 0. The maximum absolute atomic E-state index is 12.1. The van der Waals surface area contributed by atoms with Gasteiger partial charge in [-0.3, -0.25) is 9.13 Å². The fourth-order valence-electron chi connectivity index (χ4n) is 1.91. The molecule has 0 fully saturated rings. The van der Waals surface area contributed by atoms with E-state index >= 15 is 0 Å². The lowest BCUT2D eigenvalue weighted by Gasteiger charge is -2.06. The number of benzene rings is 1. The van der Waals surface area contributed by atoms with E-state index in [0.717, 1.165) is 11.3 Å². The standard InChI is InChI=1S/C14H18N2O2/c1-11(2)16-8-7-15(14(16)17)10-12-5-4-6-13(9-12)18-3/h4-9,11H,10H2,1-3H3. The zero-order chi connectivity index (χ0) is 13.1. The normalized spacial score (nSPS) is 10.9. The average molecular weight is 246 g/mol. The molecule has 0 N–H and O–H groups in total. The zero-order valence-electron chi connectivity index (χ0n) is 11.0. The molecule has 4 heteroatoms. The van der Waals surface area contributed by atoms with E-state index in [1.807, 2.05) is 50.5 Å². The summed E-state index contributed by atoms with van der Waals surface area (Å²) in [6, 6.07) is 7.94. The van der Waals surface area contributed by atoms with E-state index in [0.29, 0.717) is 6.54 Å². The van der Waals surface area contributed by atoms with Crippen molar-refractivity contribution in [2.75, 3.05) is 7.11 Å². The molecule has 0 amide bonds. The summed E-state index contributed by atoms with van der Waals surface area (Å²) in [6.07, 6.45) is 3.65. The Morgan fingerprint density at radius 3 is 2.67 bits per heavy atom. The Kier molecular flexibility index (Phi) is 3.55. The summed E-state index contributed by atoms with van der Waals surface area (Å²) >= 11 is 0. The van der Waals surface area contributed by atoms with Gasteiger partial charge in [0.15, 0.2) is 0 Å². The number of nitrogens with zero attached hydrogens (tertiary/aromatic N) is 2. The first-order valence-electron chi connectivity index (χ1n) is 6.02. The minimum Gasteiger partial charge on any atom is -0.497 e. The van der Waals surface area contributed by atoms with Crippen LogP contribution in [0.15, 0.2) is 41.5 Å². The Morgan fingerprint density at radius 2 is 2.06 bits per heavy atom. The molecule has 18 heavy (non-hydrogen) atoms. The van der Waals surface area contributed by atoms with Crippen molar-refractivity contribution in [1.29, 1.82) is 0 Å². The number of aromatic nitrogens is 2. The summed E-state index contributed by atoms with van der Waals surface area (Å²) < 4.78 is 8.60. The molecule has 0 aliphatic rings. The molecule has 0 saturated heterocycles. The molecule has 2 aromatic rings. The minimum absolute atomic E-state index is 0.0211. The van der Waals surface area contributed by atoms with Crippen molar-refractivity contribution in [2.45, 2.75) is 26.4 Å². The number of imidazole rings is 1. The molecule has 1 aromatic carbocycles. The summed E-state index contributed by atoms with van der Waals surface area (Å²) in [4.78, 5) is 12.1. The van der Waals surface area contributed by atoms with Crippen LogP contribution < -0.4 is 10.4 Å². The molecule has 0 radical (unpaired) electrons. The molecule has 1 heterocycles. The van der Waals surface area contributed by atoms with Gasteiger partial charge in [-0.15, -0.1) is 0 Å². The molecule has 96 valence electrons. The molecule has 0 aliphatic heterocycles. The van der Waals surface area contributed by atoms with Crippen molar-refractivity contribution in [3.63, 3.8) is 0 Å². The highest BCUT2D eigenvalue weighted by Gasteiger charge is 2.06. The van der Waals surface area contributed by atoms with E-state index in [1.165, 1.54) is 0 Å². The van der Waals surface area contributed by atoms with Gasteiger partial charge in [0, 0.05) is 18.4 Å². The van der Waals surface area contributed by atoms with Crippen LogP contribution in [0.3, 0.4) is 0 Å². The predicted octanol–water partition coefficient (Wildman–Crippen LogP) is 2.29. The van der Waals surface area contributed by atoms with Gasteiger partial charge < -0.3 is 4.74 Å². The van der Waals surface area contributed by atoms with Crippen molar-refractivity contribution >= 4 is 0 Å². The second-order valence-corrected chi connectivity index (χ2v) is 4.56. The molecule has 0 atom stereocenters. The van der Waals surface area contributed by atoms with Gasteiger partial charge >= 0.3 is 5.69 Å². The number of hydrogen-bond donors (Lipinski definition) is 0.